The molecule has 0 N–H and O–H groups in total. The fraction of sp³-hybridized carbons (Fsp3) is 0.310. The average molecular weight is 392 g/mol. The maximum atomic E-state index is 2.35. The number of hydrogen-bond acceptors (Lipinski definition) is 0. The molecule has 1 heterocycles. The third-order valence-electron chi connectivity index (χ3n) is 6.70. The van der Waals surface area contributed by atoms with E-state index in [1.807, 2.05) is 0 Å². The van der Waals surface area contributed by atoms with Gasteiger partial charge in [0.15, 0.2) is 0 Å². The van der Waals surface area contributed by atoms with Gasteiger partial charge in [-0.3, -0.25) is 0 Å². The minimum absolute atomic E-state index is 0.394. The lowest BCUT2D eigenvalue weighted by Gasteiger charge is -2.14. The van der Waals surface area contributed by atoms with Crippen LogP contribution in [0.2, 0.25) is 0 Å². The van der Waals surface area contributed by atoms with Crippen LogP contribution in [-0.4, -0.2) is 6.71 Å². The topological polar surface area (TPSA) is 0 Å². The Labute approximate surface area is 183 Å². The van der Waals surface area contributed by atoms with Gasteiger partial charge in [-0.2, -0.15) is 0 Å². The number of hydrogen-bond donors (Lipinski definition) is 0. The zero-order valence-corrected chi connectivity index (χ0v) is 20.0. The van der Waals surface area contributed by atoms with Crippen LogP contribution in [-0.2, 0) is 0 Å². The summed E-state index contributed by atoms with van der Waals surface area (Å²) in [5, 5.41) is 0. The highest BCUT2D eigenvalue weighted by Crippen LogP contribution is 2.50. The van der Waals surface area contributed by atoms with E-state index in [0.717, 1.165) is 0 Å². The lowest BCUT2D eigenvalue weighted by molar-refractivity contribution is 1.29. The normalized spacial score (nSPS) is 13.3. The minimum Gasteiger partial charge on any atom is -0.0650 e. The molecule has 0 saturated heterocycles. The molecule has 4 rings (SSSR count). The Balaban J connectivity index is 2.00. The Morgan fingerprint density at radius 3 is 0.967 bits per heavy atom. The summed E-state index contributed by atoms with van der Waals surface area (Å²) in [5.74, 6) is 0. The summed E-state index contributed by atoms with van der Waals surface area (Å²) in [6.07, 6.45) is 0. The highest BCUT2D eigenvalue weighted by molar-refractivity contribution is 7.19. The van der Waals surface area contributed by atoms with E-state index in [1.165, 1.54) is 77.6 Å². The van der Waals surface area contributed by atoms with Crippen LogP contribution < -0.4 is 5.46 Å². The molecule has 0 aromatic heterocycles. The van der Waals surface area contributed by atoms with E-state index >= 15 is 0 Å². The first kappa shape index (κ1) is 20.7. The van der Waals surface area contributed by atoms with Crippen molar-refractivity contribution >= 4 is 23.1 Å². The second-order valence-corrected chi connectivity index (χ2v) is 9.62. The fourth-order valence-corrected chi connectivity index (χ4v) is 5.93. The molecule has 0 nitrogen and oxygen atoms in total. The van der Waals surface area contributed by atoms with Crippen LogP contribution in [0.5, 0.6) is 0 Å². The molecule has 0 saturated carbocycles. The van der Waals surface area contributed by atoms with Crippen LogP contribution in [0.25, 0.3) is 10.9 Å². The largest absolute Gasteiger partial charge is 0.242 e. The quantitative estimate of drug-likeness (QED) is 0.427. The summed E-state index contributed by atoms with van der Waals surface area (Å²) in [6.45, 7) is 20.7. The molecule has 1 heteroatoms. The Hall–Kier alpha value is -2.54. The molecule has 1 aliphatic heterocycles. The molecular weight excluding hydrogens is 359 g/mol. The molecule has 0 atom stereocenters. The first-order valence-electron chi connectivity index (χ1n) is 11.1. The van der Waals surface area contributed by atoms with Crippen LogP contribution in [0.1, 0.15) is 61.2 Å². The minimum atomic E-state index is 0.394. The monoisotopic (exact) mass is 392 g/mol. The van der Waals surface area contributed by atoms with Crippen molar-refractivity contribution in [2.24, 2.45) is 0 Å². The van der Waals surface area contributed by atoms with Crippen LogP contribution in [0.4, 0.5) is 0 Å². The molecule has 0 fully saturated rings. The van der Waals surface area contributed by atoms with Gasteiger partial charge in [-0.1, -0.05) is 80.6 Å². The van der Waals surface area contributed by atoms with Crippen LogP contribution >= 0.6 is 0 Å². The molecule has 30 heavy (non-hydrogen) atoms. The van der Waals surface area contributed by atoms with Gasteiger partial charge in [0, 0.05) is 0 Å². The van der Waals surface area contributed by atoms with E-state index in [9.17, 15) is 0 Å². The van der Waals surface area contributed by atoms with E-state index in [1.54, 1.807) is 0 Å². The van der Waals surface area contributed by atoms with Crippen molar-refractivity contribution in [3.8, 4) is 0 Å². The Bertz CT molecular complexity index is 1090. The lowest BCUT2D eigenvalue weighted by Crippen LogP contribution is -2.27. The number of rotatable bonds is 3. The standard InChI is InChI=1S/C29H33B/c1-16-10-19(4)25(20(5)11-16)28-29(26-21(6)12-17(2)13-22(26)7)30(28)27-23(8)14-18(3)15-24(27)9/h10-15H,1-9H3. The highest BCUT2D eigenvalue weighted by atomic mass is 14.3. The van der Waals surface area contributed by atoms with Gasteiger partial charge in [-0.05, 0) is 95.7 Å². The number of aryl methyl sites for hydroxylation is 9. The molecule has 0 unspecified atom stereocenters. The van der Waals surface area contributed by atoms with Crippen molar-refractivity contribution in [2.75, 3.05) is 0 Å². The highest BCUT2D eigenvalue weighted by Gasteiger charge is 2.46. The third kappa shape index (κ3) is 3.35. The summed E-state index contributed by atoms with van der Waals surface area (Å²) in [7, 11) is 0. The second-order valence-electron chi connectivity index (χ2n) is 9.62. The van der Waals surface area contributed by atoms with E-state index in [2.05, 4.69) is 98.7 Å². The van der Waals surface area contributed by atoms with E-state index in [-0.39, 0.29) is 0 Å². The summed E-state index contributed by atoms with van der Waals surface area (Å²) in [5.41, 5.74) is 19.9. The number of benzene rings is 3. The van der Waals surface area contributed by atoms with Crippen molar-refractivity contribution in [3.05, 3.63) is 97.6 Å². The molecule has 3 aromatic carbocycles. The Morgan fingerprint density at radius 1 is 0.400 bits per heavy atom. The van der Waals surface area contributed by atoms with Crippen molar-refractivity contribution in [3.63, 3.8) is 0 Å². The lowest BCUT2D eigenvalue weighted by atomic mass is 9.49. The molecule has 0 spiro atoms. The predicted octanol–water partition coefficient (Wildman–Crippen LogP) is 6.87. The van der Waals surface area contributed by atoms with Gasteiger partial charge in [0.1, 0.15) is 0 Å². The zero-order chi connectivity index (χ0) is 21.9. The van der Waals surface area contributed by atoms with Gasteiger partial charge in [0.2, 0.25) is 6.71 Å². The van der Waals surface area contributed by atoms with E-state index < -0.39 is 0 Å². The van der Waals surface area contributed by atoms with Gasteiger partial charge in [-0.15, -0.1) is 0 Å². The van der Waals surface area contributed by atoms with Crippen LogP contribution in [0.3, 0.4) is 0 Å². The van der Waals surface area contributed by atoms with Crippen molar-refractivity contribution in [1.29, 1.82) is 0 Å². The SMILES string of the molecule is Cc1cc(C)c(B2C(c3c(C)cc(C)cc3C)=C2c2c(C)cc(C)cc2C)c(C)c1. The van der Waals surface area contributed by atoms with E-state index in [4.69, 9.17) is 0 Å². The summed E-state index contributed by atoms with van der Waals surface area (Å²) in [6, 6.07) is 14.1. The average Bonchev–Trinajstić information content (AvgIpc) is 3.25. The van der Waals surface area contributed by atoms with Crippen molar-refractivity contribution in [2.45, 2.75) is 62.3 Å². The van der Waals surface area contributed by atoms with Gasteiger partial charge >= 0.3 is 0 Å². The molecule has 152 valence electrons. The van der Waals surface area contributed by atoms with Crippen molar-refractivity contribution in [1.82, 2.24) is 0 Å². The van der Waals surface area contributed by atoms with Gasteiger partial charge in [0.05, 0.1) is 0 Å². The first-order valence-corrected chi connectivity index (χ1v) is 11.1. The van der Waals surface area contributed by atoms with Crippen molar-refractivity contribution < 1.29 is 0 Å². The van der Waals surface area contributed by atoms with Crippen LogP contribution in [0.15, 0.2) is 36.4 Å². The summed E-state index contributed by atoms with van der Waals surface area (Å²) in [4.78, 5) is 0. The third-order valence-corrected chi connectivity index (χ3v) is 6.70. The molecule has 1 aliphatic rings. The molecule has 0 aliphatic carbocycles. The van der Waals surface area contributed by atoms with E-state index in [0.29, 0.717) is 6.71 Å². The molecule has 0 bridgehead atoms. The molecule has 3 aromatic rings. The Kier molecular flexibility index (Phi) is 5.05. The molecular formula is C29H33B. The van der Waals surface area contributed by atoms with Crippen LogP contribution in [0, 0.1) is 62.3 Å². The second kappa shape index (κ2) is 7.31. The van der Waals surface area contributed by atoms with Gasteiger partial charge in [0.25, 0.3) is 0 Å². The zero-order valence-electron chi connectivity index (χ0n) is 20.0. The molecule has 0 radical (unpaired) electrons. The van der Waals surface area contributed by atoms with Gasteiger partial charge in [-0.25, -0.2) is 0 Å². The Morgan fingerprint density at radius 2 is 0.667 bits per heavy atom. The molecule has 0 amide bonds. The maximum absolute atomic E-state index is 2.35. The first-order chi connectivity index (χ1) is 14.1. The van der Waals surface area contributed by atoms with Gasteiger partial charge < -0.3 is 0 Å². The summed E-state index contributed by atoms with van der Waals surface area (Å²) >= 11 is 0. The fourth-order valence-electron chi connectivity index (χ4n) is 5.93. The predicted molar refractivity (Wildman–Crippen MR) is 134 cm³/mol. The smallest absolute Gasteiger partial charge is 0.0650 e. The summed E-state index contributed by atoms with van der Waals surface area (Å²) < 4.78 is 0. The maximum Gasteiger partial charge on any atom is 0.242 e.